The van der Waals surface area contributed by atoms with Crippen LogP contribution in [-0.2, 0) is 5.41 Å². The molecule has 1 aliphatic rings. The molecule has 7 heteroatoms. The van der Waals surface area contributed by atoms with Gasteiger partial charge in [-0.25, -0.2) is 19.5 Å². The van der Waals surface area contributed by atoms with E-state index in [2.05, 4.69) is 52.7 Å². The Morgan fingerprint density at radius 3 is 2.11 bits per heavy atom. The SMILES string of the molecule is Cc1cc(C)nc(N2CCN(c3ccc4nc(C(C)(C)C)cn4n3)CC2)n1. The fourth-order valence-corrected chi connectivity index (χ4v) is 3.39. The summed E-state index contributed by atoms with van der Waals surface area (Å²) >= 11 is 0. The predicted octanol–water partition coefficient (Wildman–Crippen LogP) is 2.76. The molecule has 0 atom stereocenters. The highest BCUT2D eigenvalue weighted by Gasteiger charge is 2.22. The zero-order valence-electron chi connectivity index (χ0n) is 16.8. The molecule has 3 aromatic heterocycles. The van der Waals surface area contributed by atoms with Crippen LogP contribution >= 0.6 is 0 Å². The predicted molar refractivity (Wildman–Crippen MR) is 108 cm³/mol. The summed E-state index contributed by atoms with van der Waals surface area (Å²) in [7, 11) is 0. The van der Waals surface area contributed by atoms with Crippen molar-refractivity contribution in [1.82, 2.24) is 24.6 Å². The van der Waals surface area contributed by atoms with E-state index in [1.54, 1.807) is 0 Å². The summed E-state index contributed by atoms with van der Waals surface area (Å²) in [4.78, 5) is 18.4. The summed E-state index contributed by atoms with van der Waals surface area (Å²) in [5.41, 5.74) is 4.00. The van der Waals surface area contributed by atoms with Crippen molar-refractivity contribution in [2.45, 2.75) is 40.0 Å². The zero-order chi connectivity index (χ0) is 19.2. The second kappa shape index (κ2) is 6.48. The van der Waals surface area contributed by atoms with Crippen LogP contribution in [0.5, 0.6) is 0 Å². The lowest BCUT2D eigenvalue weighted by molar-refractivity contribution is 0.572. The number of hydrogen-bond donors (Lipinski definition) is 0. The Hall–Kier alpha value is -2.70. The third-order valence-corrected chi connectivity index (χ3v) is 4.93. The molecule has 0 spiro atoms. The lowest BCUT2D eigenvalue weighted by Crippen LogP contribution is -2.47. The third kappa shape index (κ3) is 3.59. The Morgan fingerprint density at radius 1 is 0.852 bits per heavy atom. The van der Waals surface area contributed by atoms with Gasteiger partial charge in [0.1, 0.15) is 5.82 Å². The molecule has 0 unspecified atom stereocenters. The molecule has 1 aliphatic heterocycles. The average molecular weight is 365 g/mol. The fraction of sp³-hybridized carbons (Fsp3) is 0.500. The second-order valence-electron chi connectivity index (χ2n) is 8.30. The molecule has 1 saturated heterocycles. The van der Waals surface area contributed by atoms with Crippen molar-refractivity contribution in [2.75, 3.05) is 36.0 Å². The zero-order valence-corrected chi connectivity index (χ0v) is 16.8. The van der Waals surface area contributed by atoms with Gasteiger partial charge in [-0.3, -0.25) is 0 Å². The van der Waals surface area contributed by atoms with E-state index >= 15 is 0 Å². The second-order valence-corrected chi connectivity index (χ2v) is 8.30. The van der Waals surface area contributed by atoms with Crippen LogP contribution < -0.4 is 9.80 Å². The van der Waals surface area contributed by atoms with Crippen molar-refractivity contribution in [1.29, 1.82) is 0 Å². The number of hydrogen-bond acceptors (Lipinski definition) is 6. The molecule has 0 radical (unpaired) electrons. The fourth-order valence-electron chi connectivity index (χ4n) is 3.39. The Labute approximate surface area is 160 Å². The van der Waals surface area contributed by atoms with Gasteiger partial charge in [0.15, 0.2) is 5.65 Å². The molecule has 0 N–H and O–H groups in total. The van der Waals surface area contributed by atoms with Crippen LogP contribution in [-0.4, -0.2) is 50.7 Å². The van der Waals surface area contributed by atoms with Gasteiger partial charge in [0, 0.05) is 43.0 Å². The van der Waals surface area contributed by atoms with E-state index in [4.69, 9.17) is 10.1 Å². The minimum atomic E-state index is 0.0193. The van der Waals surface area contributed by atoms with Crippen molar-refractivity contribution in [3.63, 3.8) is 0 Å². The summed E-state index contributed by atoms with van der Waals surface area (Å²) in [5.74, 6) is 1.82. The smallest absolute Gasteiger partial charge is 0.225 e. The molecule has 0 amide bonds. The summed E-state index contributed by atoms with van der Waals surface area (Å²) in [6, 6.07) is 6.13. The number of nitrogens with zero attached hydrogens (tertiary/aromatic N) is 7. The number of piperazine rings is 1. The van der Waals surface area contributed by atoms with Crippen molar-refractivity contribution in [3.05, 3.63) is 41.5 Å². The molecule has 0 bridgehead atoms. The molecule has 4 rings (SSSR count). The van der Waals surface area contributed by atoms with Gasteiger partial charge >= 0.3 is 0 Å². The Morgan fingerprint density at radius 2 is 1.48 bits per heavy atom. The first kappa shape index (κ1) is 17.7. The average Bonchev–Trinajstić information content (AvgIpc) is 3.05. The van der Waals surface area contributed by atoms with E-state index in [0.717, 1.165) is 60.7 Å². The van der Waals surface area contributed by atoms with Crippen LogP contribution in [0.25, 0.3) is 5.65 Å². The summed E-state index contributed by atoms with van der Waals surface area (Å²) in [6.07, 6.45) is 2.04. The van der Waals surface area contributed by atoms with Crippen molar-refractivity contribution < 1.29 is 0 Å². The van der Waals surface area contributed by atoms with E-state index < -0.39 is 0 Å². The molecular formula is C20H27N7. The minimum absolute atomic E-state index is 0.0193. The topological polar surface area (TPSA) is 62.5 Å². The quantitative estimate of drug-likeness (QED) is 0.696. The molecule has 27 heavy (non-hydrogen) atoms. The molecule has 3 aromatic rings. The molecular weight excluding hydrogens is 338 g/mol. The standard InChI is InChI=1S/C20H27N7/c1-14-12-15(2)22-19(21-14)26-10-8-25(9-11-26)18-7-6-17-23-16(20(3,4)5)13-27(17)24-18/h6-7,12-13H,8-11H2,1-5H3. The lowest BCUT2D eigenvalue weighted by Gasteiger charge is -2.35. The van der Waals surface area contributed by atoms with E-state index in [1.165, 1.54) is 0 Å². The van der Waals surface area contributed by atoms with Crippen molar-refractivity contribution in [2.24, 2.45) is 0 Å². The molecule has 7 nitrogen and oxygen atoms in total. The summed E-state index contributed by atoms with van der Waals surface area (Å²) < 4.78 is 1.90. The highest BCUT2D eigenvalue weighted by Crippen LogP contribution is 2.23. The van der Waals surface area contributed by atoms with Crippen LogP contribution in [0.4, 0.5) is 11.8 Å². The lowest BCUT2D eigenvalue weighted by atomic mass is 9.93. The summed E-state index contributed by atoms with van der Waals surface area (Å²) in [6.45, 7) is 14.1. The van der Waals surface area contributed by atoms with Crippen molar-refractivity contribution >= 4 is 17.4 Å². The molecule has 4 heterocycles. The van der Waals surface area contributed by atoms with Crippen LogP contribution in [0.3, 0.4) is 0 Å². The maximum Gasteiger partial charge on any atom is 0.225 e. The van der Waals surface area contributed by atoms with Crippen LogP contribution in [0.15, 0.2) is 24.4 Å². The highest BCUT2D eigenvalue weighted by molar-refractivity contribution is 5.48. The molecule has 0 aromatic carbocycles. The van der Waals surface area contributed by atoms with E-state index in [1.807, 2.05) is 30.6 Å². The molecule has 1 fully saturated rings. The maximum atomic E-state index is 4.79. The Kier molecular flexibility index (Phi) is 4.25. The monoisotopic (exact) mass is 365 g/mol. The van der Waals surface area contributed by atoms with E-state index in [9.17, 15) is 0 Å². The minimum Gasteiger partial charge on any atom is -0.352 e. The first-order chi connectivity index (χ1) is 12.8. The summed E-state index contributed by atoms with van der Waals surface area (Å²) in [5, 5.41) is 4.79. The number of anilines is 2. The Balaban J connectivity index is 1.50. The first-order valence-corrected chi connectivity index (χ1v) is 9.49. The normalized spacial score (nSPS) is 15.6. The van der Waals surface area contributed by atoms with Gasteiger partial charge in [0.2, 0.25) is 5.95 Å². The van der Waals surface area contributed by atoms with Gasteiger partial charge in [0.05, 0.1) is 11.9 Å². The third-order valence-electron chi connectivity index (χ3n) is 4.93. The van der Waals surface area contributed by atoms with Crippen LogP contribution in [0.1, 0.15) is 37.9 Å². The Bertz CT molecular complexity index is 942. The van der Waals surface area contributed by atoms with Gasteiger partial charge in [-0.05, 0) is 32.0 Å². The van der Waals surface area contributed by atoms with Gasteiger partial charge in [0.25, 0.3) is 0 Å². The number of imidazole rings is 1. The van der Waals surface area contributed by atoms with Gasteiger partial charge in [-0.2, -0.15) is 0 Å². The van der Waals surface area contributed by atoms with Gasteiger partial charge in [-0.1, -0.05) is 20.8 Å². The maximum absolute atomic E-state index is 4.79. The number of aromatic nitrogens is 5. The van der Waals surface area contributed by atoms with Crippen molar-refractivity contribution in [3.8, 4) is 0 Å². The first-order valence-electron chi connectivity index (χ1n) is 9.49. The molecule has 0 aliphatic carbocycles. The number of rotatable bonds is 2. The van der Waals surface area contributed by atoms with Gasteiger partial charge in [-0.15, -0.1) is 5.10 Å². The van der Waals surface area contributed by atoms with E-state index in [-0.39, 0.29) is 5.41 Å². The molecule has 0 saturated carbocycles. The van der Waals surface area contributed by atoms with Gasteiger partial charge < -0.3 is 9.80 Å². The van der Waals surface area contributed by atoms with Crippen LogP contribution in [0.2, 0.25) is 0 Å². The van der Waals surface area contributed by atoms with Crippen LogP contribution in [0, 0.1) is 13.8 Å². The largest absolute Gasteiger partial charge is 0.352 e. The number of aryl methyl sites for hydroxylation is 2. The number of fused-ring (bicyclic) bond motifs is 1. The molecule has 142 valence electrons. The highest BCUT2D eigenvalue weighted by atomic mass is 15.4. The van der Waals surface area contributed by atoms with E-state index in [0.29, 0.717) is 0 Å².